The predicted octanol–water partition coefficient (Wildman–Crippen LogP) is 3.62. The fourth-order valence-electron chi connectivity index (χ4n) is 2.58. The summed E-state index contributed by atoms with van der Waals surface area (Å²) >= 11 is 3.71. The Morgan fingerprint density at radius 1 is 1.20 bits per heavy atom. The van der Waals surface area contributed by atoms with E-state index in [0.29, 0.717) is 5.41 Å². The first kappa shape index (κ1) is 11.2. The summed E-state index contributed by atoms with van der Waals surface area (Å²) in [7, 11) is 0. The maximum absolute atomic E-state index is 4.12. The first-order valence-electron chi connectivity index (χ1n) is 5.86. The third-order valence-corrected chi connectivity index (χ3v) is 4.71. The predicted molar refractivity (Wildman–Crippen MR) is 66.2 cm³/mol. The third-order valence-electron chi connectivity index (χ3n) is 3.52. The molecule has 1 aliphatic rings. The minimum atomic E-state index is 0.469. The van der Waals surface area contributed by atoms with Crippen LogP contribution in [0.15, 0.2) is 18.7 Å². The minimum absolute atomic E-state index is 0.469. The normalized spacial score (nSPS) is 21.1. The van der Waals surface area contributed by atoms with E-state index in [-0.39, 0.29) is 0 Å². The number of imidazole rings is 1. The molecule has 0 bridgehead atoms. The van der Waals surface area contributed by atoms with E-state index in [2.05, 4.69) is 31.7 Å². The summed E-state index contributed by atoms with van der Waals surface area (Å²) in [5, 5.41) is 1.12. The van der Waals surface area contributed by atoms with E-state index < -0.39 is 0 Å². The van der Waals surface area contributed by atoms with Crippen LogP contribution < -0.4 is 0 Å². The van der Waals surface area contributed by atoms with Crippen molar-refractivity contribution in [3.63, 3.8) is 0 Å². The van der Waals surface area contributed by atoms with E-state index >= 15 is 0 Å². The van der Waals surface area contributed by atoms with Gasteiger partial charge in [0.05, 0.1) is 6.33 Å². The Balaban J connectivity index is 2.05. The lowest BCUT2D eigenvalue weighted by Gasteiger charge is -2.31. The zero-order valence-electron chi connectivity index (χ0n) is 9.16. The molecule has 2 nitrogen and oxygen atoms in total. The molecule has 1 heterocycles. The molecular formula is C12H19BrN2. The molecule has 0 saturated heterocycles. The molecule has 0 N–H and O–H groups in total. The second-order valence-electron chi connectivity index (χ2n) is 4.78. The SMILES string of the molecule is BrCC1(Cn2ccnc2)CCCCCC1. The molecule has 0 radical (unpaired) electrons. The Bertz CT molecular complexity index is 274. The van der Waals surface area contributed by atoms with Gasteiger partial charge in [0, 0.05) is 24.3 Å². The van der Waals surface area contributed by atoms with Gasteiger partial charge >= 0.3 is 0 Å². The lowest BCUT2D eigenvalue weighted by Crippen LogP contribution is -2.27. The topological polar surface area (TPSA) is 17.8 Å². The van der Waals surface area contributed by atoms with Crippen LogP contribution in [0.25, 0.3) is 0 Å². The second-order valence-corrected chi connectivity index (χ2v) is 5.34. The maximum Gasteiger partial charge on any atom is 0.0946 e. The lowest BCUT2D eigenvalue weighted by atomic mass is 9.82. The fraction of sp³-hybridized carbons (Fsp3) is 0.750. The summed E-state index contributed by atoms with van der Waals surface area (Å²) in [6.07, 6.45) is 14.2. The van der Waals surface area contributed by atoms with Gasteiger partial charge in [-0.3, -0.25) is 0 Å². The molecule has 1 aliphatic carbocycles. The van der Waals surface area contributed by atoms with Gasteiger partial charge in [-0.25, -0.2) is 4.98 Å². The van der Waals surface area contributed by atoms with Gasteiger partial charge in [0.15, 0.2) is 0 Å². The van der Waals surface area contributed by atoms with E-state index in [1.165, 1.54) is 38.5 Å². The first-order chi connectivity index (χ1) is 7.35. The third kappa shape index (κ3) is 2.83. The highest BCUT2D eigenvalue weighted by atomic mass is 79.9. The van der Waals surface area contributed by atoms with Gasteiger partial charge in [-0.2, -0.15) is 0 Å². The molecule has 1 fully saturated rings. The minimum Gasteiger partial charge on any atom is -0.337 e. The summed E-state index contributed by atoms with van der Waals surface area (Å²) in [5.74, 6) is 0. The standard InChI is InChI=1S/C12H19BrN2/c13-9-12(5-3-1-2-4-6-12)10-15-8-7-14-11-15/h7-8,11H,1-6,9-10H2. The molecule has 0 aliphatic heterocycles. The van der Waals surface area contributed by atoms with Gasteiger partial charge < -0.3 is 4.57 Å². The van der Waals surface area contributed by atoms with Crippen LogP contribution in [0.4, 0.5) is 0 Å². The number of rotatable bonds is 3. The Morgan fingerprint density at radius 2 is 1.93 bits per heavy atom. The van der Waals surface area contributed by atoms with Crippen LogP contribution in [-0.4, -0.2) is 14.9 Å². The number of hydrogen-bond donors (Lipinski definition) is 0. The Kier molecular flexibility index (Phi) is 3.84. The Labute approximate surface area is 100 Å². The molecular weight excluding hydrogens is 252 g/mol. The van der Waals surface area contributed by atoms with Crippen molar-refractivity contribution in [1.82, 2.24) is 9.55 Å². The monoisotopic (exact) mass is 270 g/mol. The lowest BCUT2D eigenvalue weighted by molar-refractivity contribution is 0.242. The van der Waals surface area contributed by atoms with E-state index in [9.17, 15) is 0 Å². The molecule has 0 aromatic carbocycles. The number of alkyl halides is 1. The molecule has 0 unspecified atom stereocenters. The summed E-state index contributed by atoms with van der Waals surface area (Å²) in [4.78, 5) is 4.12. The van der Waals surface area contributed by atoms with Crippen molar-refractivity contribution in [1.29, 1.82) is 0 Å². The van der Waals surface area contributed by atoms with Gasteiger partial charge in [-0.1, -0.05) is 41.6 Å². The number of nitrogens with zero attached hydrogens (tertiary/aromatic N) is 2. The Morgan fingerprint density at radius 3 is 2.47 bits per heavy atom. The number of aromatic nitrogens is 2. The highest BCUT2D eigenvalue weighted by Crippen LogP contribution is 2.38. The van der Waals surface area contributed by atoms with Crippen molar-refractivity contribution in [2.24, 2.45) is 5.41 Å². The average Bonchev–Trinajstić information content (AvgIpc) is 2.64. The quantitative estimate of drug-likeness (QED) is 0.606. The van der Waals surface area contributed by atoms with Gasteiger partial charge in [0.25, 0.3) is 0 Å². The molecule has 15 heavy (non-hydrogen) atoms. The first-order valence-corrected chi connectivity index (χ1v) is 6.99. The Hall–Kier alpha value is -0.310. The summed E-state index contributed by atoms with van der Waals surface area (Å²) in [6, 6.07) is 0. The molecule has 0 amide bonds. The summed E-state index contributed by atoms with van der Waals surface area (Å²) in [6.45, 7) is 1.12. The molecule has 84 valence electrons. The highest BCUT2D eigenvalue weighted by molar-refractivity contribution is 9.09. The largest absolute Gasteiger partial charge is 0.337 e. The molecule has 0 spiro atoms. The molecule has 3 heteroatoms. The molecule has 1 aromatic rings. The number of hydrogen-bond acceptors (Lipinski definition) is 1. The zero-order valence-corrected chi connectivity index (χ0v) is 10.7. The van der Waals surface area contributed by atoms with Crippen LogP contribution in [-0.2, 0) is 6.54 Å². The zero-order chi connectivity index (χ0) is 10.6. The van der Waals surface area contributed by atoms with E-state index in [1.54, 1.807) is 0 Å². The van der Waals surface area contributed by atoms with Crippen LogP contribution in [0.1, 0.15) is 38.5 Å². The van der Waals surface area contributed by atoms with Gasteiger partial charge in [0.1, 0.15) is 0 Å². The van der Waals surface area contributed by atoms with E-state index in [1.807, 2.05) is 12.5 Å². The fourth-order valence-corrected chi connectivity index (χ4v) is 3.32. The highest BCUT2D eigenvalue weighted by Gasteiger charge is 2.29. The van der Waals surface area contributed by atoms with Gasteiger partial charge in [-0.05, 0) is 18.3 Å². The molecule has 2 rings (SSSR count). The van der Waals surface area contributed by atoms with E-state index in [0.717, 1.165) is 11.9 Å². The summed E-state index contributed by atoms with van der Waals surface area (Å²) in [5.41, 5.74) is 0.469. The molecule has 0 atom stereocenters. The van der Waals surface area contributed by atoms with Crippen molar-refractivity contribution >= 4 is 15.9 Å². The smallest absolute Gasteiger partial charge is 0.0946 e. The molecule has 1 saturated carbocycles. The van der Waals surface area contributed by atoms with Crippen LogP contribution in [0.3, 0.4) is 0 Å². The van der Waals surface area contributed by atoms with Crippen molar-refractivity contribution < 1.29 is 0 Å². The van der Waals surface area contributed by atoms with Crippen molar-refractivity contribution in [3.8, 4) is 0 Å². The maximum atomic E-state index is 4.12. The van der Waals surface area contributed by atoms with E-state index in [4.69, 9.17) is 0 Å². The second kappa shape index (κ2) is 5.15. The summed E-state index contributed by atoms with van der Waals surface area (Å²) < 4.78 is 2.23. The van der Waals surface area contributed by atoms with Crippen LogP contribution in [0, 0.1) is 5.41 Å². The van der Waals surface area contributed by atoms with Gasteiger partial charge in [0.2, 0.25) is 0 Å². The number of halogens is 1. The van der Waals surface area contributed by atoms with Crippen molar-refractivity contribution in [2.75, 3.05) is 5.33 Å². The van der Waals surface area contributed by atoms with Crippen molar-refractivity contribution in [3.05, 3.63) is 18.7 Å². The van der Waals surface area contributed by atoms with Crippen molar-refractivity contribution in [2.45, 2.75) is 45.1 Å². The average molecular weight is 271 g/mol. The van der Waals surface area contributed by atoms with Crippen LogP contribution >= 0.6 is 15.9 Å². The molecule has 1 aromatic heterocycles. The van der Waals surface area contributed by atoms with Crippen LogP contribution in [0.2, 0.25) is 0 Å². The van der Waals surface area contributed by atoms with Crippen LogP contribution in [0.5, 0.6) is 0 Å². The van der Waals surface area contributed by atoms with Gasteiger partial charge in [-0.15, -0.1) is 0 Å².